The Hall–Kier alpha value is -3.18. The zero-order chi connectivity index (χ0) is 20.3. The number of pyridine rings is 1. The maximum atomic E-state index is 13.0. The summed E-state index contributed by atoms with van der Waals surface area (Å²) in [4.78, 5) is 16.7. The number of halogens is 3. The van der Waals surface area contributed by atoms with Crippen LogP contribution in [0, 0.1) is 11.3 Å². The first-order valence-electron chi connectivity index (χ1n) is 8.57. The van der Waals surface area contributed by atoms with E-state index in [4.69, 9.17) is 5.26 Å². The van der Waals surface area contributed by atoms with Crippen molar-refractivity contribution < 1.29 is 18.0 Å². The number of hydrogen-bond donors (Lipinski definition) is 2. The zero-order valence-corrected chi connectivity index (χ0v) is 15.0. The fourth-order valence-corrected chi connectivity index (χ4v) is 3.17. The van der Waals surface area contributed by atoms with Gasteiger partial charge < -0.3 is 10.6 Å². The van der Waals surface area contributed by atoms with Gasteiger partial charge in [0.25, 0.3) is 0 Å². The van der Waals surface area contributed by atoms with E-state index in [9.17, 15) is 18.0 Å². The van der Waals surface area contributed by atoms with Crippen molar-refractivity contribution in [3.63, 3.8) is 0 Å². The smallest absolute Gasteiger partial charge is 0.358 e. The van der Waals surface area contributed by atoms with Gasteiger partial charge in [-0.15, -0.1) is 0 Å². The number of ketones is 1. The third-order valence-corrected chi connectivity index (χ3v) is 4.50. The number of Topliss-reactive ketones (excluding diaryl/α,β-unsaturated/α-hetero) is 1. The van der Waals surface area contributed by atoms with E-state index in [1.54, 1.807) is 19.2 Å². The quantitative estimate of drug-likeness (QED) is 0.813. The number of nitriles is 1. The monoisotopic (exact) mass is 386 g/mol. The second-order valence-corrected chi connectivity index (χ2v) is 6.32. The van der Waals surface area contributed by atoms with E-state index in [0.29, 0.717) is 28.9 Å². The molecule has 5 nitrogen and oxygen atoms in total. The van der Waals surface area contributed by atoms with Crippen molar-refractivity contribution in [2.75, 3.05) is 12.4 Å². The number of aromatic nitrogens is 1. The summed E-state index contributed by atoms with van der Waals surface area (Å²) in [6, 6.07) is 9.56. The second kappa shape index (κ2) is 7.82. The minimum atomic E-state index is -4.44. The minimum absolute atomic E-state index is 0.0972. The van der Waals surface area contributed by atoms with Gasteiger partial charge in [0, 0.05) is 29.6 Å². The molecule has 0 fully saturated rings. The summed E-state index contributed by atoms with van der Waals surface area (Å²) in [6.07, 6.45) is -2.36. The number of allylic oxidation sites excluding steroid dienone is 1. The van der Waals surface area contributed by atoms with Crippen molar-refractivity contribution in [2.45, 2.75) is 25.1 Å². The molecule has 1 aliphatic carbocycles. The van der Waals surface area contributed by atoms with Gasteiger partial charge in [-0.05, 0) is 43.8 Å². The van der Waals surface area contributed by atoms with Crippen LogP contribution < -0.4 is 10.6 Å². The summed E-state index contributed by atoms with van der Waals surface area (Å²) < 4.78 is 38.9. The van der Waals surface area contributed by atoms with Crippen LogP contribution in [0.2, 0.25) is 0 Å². The molecule has 0 bridgehead atoms. The van der Waals surface area contributed by atoms with Crippen molar-refractivity contribution in [1.29, 1.82) is 5.26 Å². The van der Waals surface area contributed by atoms with Crippen molar-refractivity contribution in [2.24, 2.45) is 0 Å². The molecule has 3 rings (SSSR count). The largest absolute Gasteiger partial charge is 0.416 e. The molecule has 2 aromatic rings. The van der Waals surface area contributed by atoms with Crippen molar-refractivity contribution in [1.82, 2.24) is 10.3 Å². The molecule has 1 atom stereocenters. The standard InChI is InChI=1S/C20H17F3N4O/c1-25-19(16-6-5-12(10-24)11-26-16)18-15(7-8-17(18)28)27-14-4-2-3-13(9-14)20(21,22)23/h2-6,9,11,19,25,27H,7-8H2,1H3. The minimum Gasteiger partial charge on any atom is -0.358 e. The lowest BCUT2D eigenvalue weighted by Gasteiger charge is -2.19. The zero-order valence-electron chi connectivity index (χ0n) is 15.0. The Labute approximate surface area is 159 Å². The van der Waals surface area contributed by atoms with Crippen LogP contribution in [-0.4, -0.2) is 17.8 Å². The molecule has 144 valence electrons. The van der Waals surface area contributed by atoms with Crippen LogP contribution in [0.15, 0.2) is 53.9 Å². The predicted octanol–water partition coefficient (Wildman–Crippen LogP) is 3.96. The molecule has 1 aliphatic rings. The number of nitrogens with zero attached hydrogens (tertiary/aromatic N) is 2. The SMILES string of the molecule is CNC(C1=C(Nc2cccc(C(F)(F)F)c2)CCC1=O)c1ccc(C#N)cn1. The van der Waals surface area contributed by atoms with E-state index in [-0.39, 0.29) is 17.9 Å². The first-order chi connectivity index (χ1) is 13.3. The molecule has 0 radical (unpaired) electrons. The van der Waals surface area contributed by atoms with Gasteiger partial charge in [-0.25, -0.2) is 0 Å². The summed E-state index contributed by atoms with van der Waals surface area (Å²) in [5.41, 5.74) is 1.46. The highest BCUT2D eigenvalue weighted by atomic mass is 19.4. The fourth-order valence-electron chi connectivity index (χ4n) is 3.17. The maximum absolute atomic E-state index is 13.0. The van der Waals surface area contributed by atoms with E-state index in [2.05, 4.69) is 15.6 Å². The number of nitrogens with one attached hydrogen (secondary N) is 2. The first-order valence-corrected chi connectivity index (χ1v) is 8.57. The average Bonchev–Trinajstić information content (AvgIpc) is 3.03. The Morgan fingerprint density at radius 3 is 2.61 bits per heavy atom. The van der Waals surface area contributed by atoms with Gasteiger partial charge in [-0.3, -0.25) is 9.78 Å². The van der Waals surface area contributed by atoms with Gasteiger partial charge in [0.15, 0.2) is 5.78 Å². The van der Waals surface area contributed by atoms with Crippen LogP contribution in [0.4, 0.5) is 18.9 Å². The van der Waals surface area contributed by atoms with Crippen LogP contribution in [0.25, 0.3) is 0 Å². The number of benzene rings is 1. The number of hydrogen-bond acceptors (Lipinski definition) is 5. The van der Waals surface area contributed by atoms with Gasteiger partial charge in [0.05, 0.1) is 22.9 Å². The number of carbonyl (C=O) groups excluding carboxylic acids is 1. The molecular formula is C20H17F3N4O. The Kier molecular flexibility index (Phi) is 5.47. The number of likely N-dealkylation sites (N-methyl/N-ethyl adjacent to an activating group) is 1. The molecular weight excluding hydrogens is 369 g/mol. The van der Waals surface area contributed by atoms with Gasteiger partial charge >= 0.3 is 6.18 Å². The molecule has 0 saturated heterocycles. The Balaban J connectivity index is 1.96. The van der Waals surface area contributed by atoms with Crippen LogP contribution in [0.3, 0.4) is 0 Å². The van der Waals surface area contributed by atoms with E-state index in [1.807, 2.05) is 6.07 Å². The second-order valence-electron chi connectivity index (χ2n) is 6.32. The van der Waals surface area contributed by atoms with Crippen molar-refractivity contribution in [3.05, 3.63) is 70.7 Å². The fraction of sp³-hybridized carbons (Fsp3) is 0.250. The lowest BCUT2D eigenvalue weighted by atomic mass is 10.0. The van der Waals surface area contributed by atoms with Gasteiger partial charge in [-0.2, -0.15) is 18.4 Å². The molecule has 0 spiro atoms. The average molecular weight is 386 g/mol. The summed E-state index contributed by atoms with van der Waals surface area (Å²) in [6.45, 7) is 0. The maximum Gasteiger partial charge on any atom is 0.416 e. The number of rotatable bonds is 5. The van der Waals surface area contributed by atoms with Crippen LogP contribution >= 0.6 is 0 Å². The van der Waals surface area contributed by atoms with Crippen LogP contribution in [-0.2, 0) is 11.0 Å². The topological polar surface area (TPSA) is 77.8 Å². The lowest BCUT2D eigenvalue weighted by molar-refractivity contribution is -0.137. The highest BCUT2D eigenvalue weighted by molar-refractivity contribution is 6.00. The highest BCUT2D eigenvalue weighted by Gasteiger charge is 2.32. The van der Waals surface area contributed by atoms with Crippen molar-refractivity contribution >= 4 is 11.5 Å². The van der Waals surface area contributed by atoms with E-state index in [0.717, 1.165) is 12.1 Å². The van der Waals surface area contributed by atoms with Crippen LogP contribution in [0.1, 0.15) is 35.7 Å². The summed E-state index contributed by atoms with van der Waals surface area (Å²) >= 11 is 0. The van der Waals surface area contributed by atoms with Crippen LogP contribution in [0.5, 0.6) is 0 Å². The van der Waals surface area contributed by atoms with Gasteiger partial charge in [0.1, 0.15) is 6.07 Å². The molecule has 1 aromatic heterocycles. The van der Waals surface area contributed by atoms with Crippen molar-refractivity contribution in [3.8, 4) is 6.07 Å². The predicted molar refractivity (Wildman–Crippen MR) is 97.1 cm³/mol. The normalized spacial score (nSPS) is 15.5. The van der Waals surface area contributed by atoms with Gasteiger partial charge in [0.2, 0.25) is 0 Å². The van der Waals surface area contributed by atoms with E-state index < -0.39 is 17.8 Å². The third kappa shape index (κ3) is 4.05. The number of alkyl halides is 3. The molecule has 28 heavy (non-hydrogen) atoms. The first kappa shape index (κ1) is 19.6. The molecule has 1 unspecified atom stereocenters. The molecule has 2 N–H and O–H groups in total. The summed E-state index contributed by atoms with van der Waals surface area (Å²) in [5.74, 6) is -0.0972. The molecule has 0 saturated carbocycles. The number of carbonyl (C=O) groups is 1. The molecule has 0 aliphatic heterocycles. The summed E-state index contributed by atoms with van der Waals surface area (Å²) in [5, 5.41) is 14.9. The Morgan fingerprint density at radius 1 is 1.21 bits per heavy atom. The highest BCUT2D eigenvalue weighted by Crippen LogP contribution is 2.35. The number of anilines is 1. The Bertz CT molecular complexity index is 959. The third-order valence-electron chi connectivity index (χ3n) is 4.50. The van der Waals surface area contributed by atoms with Gasteiger partial charge in [-0.1, -0.05) is 6.07 Å². The molecule has 8 heteroatoms. The van der Waals surface area contributed by atoms with E-state index in [1.165, 1.54) is 18.3 Å². The molecule has 1 aromatic carbocycles. The molecule has 0 amide bonds. The summed E-state index contributed by atoms with van der Waals surface area (Å²) in [7, 11) is 1.67. The lowest BCUT2D eigenvalue weighted by Crippen LogP contribution is -2.24. The molecule has 1 heterocycles. The Morgan fingerprint density at radius 2 is 2.00 bits per heavy atom. The van der Waals surface area contributed by atoms with E-state index >= 15 is 0 Å².